The third-order valence-corrected chi connectivity index (χ3v) is 3.35. The highest BCUT2D eigenvalue weighted by molar-refractivity contribution is 5.15. The van der Waals surface area contributed by atoms with Crippen molar-refractivity contribution in [1.29, 1.82) is 0 Å². The number of aryl methyl sites for hydroxylation is 3. The second-order valence-electron chi connectivity index (χ2n) is 4.84. The Morgan fingerprint density at radius 1 is 1.29 bits per heavy atom. The van der Waals surface area contributed by atoms with Gasteiger partial charge in [-0.3, -0.25) is 4.98 Å². The molecule has 0 aliphatic heterocycles. The van der Waals surface area contributed by atoms with Gasteiger partial charge in [0.1, 0.15) is 0 Å². The molecule has 88 valence electrons. The van der Waals surface area contributed by atoms with Crippen LogP contribution in [0.25, 0.3) is 0 Å². The molecule has 1 fully saturated rings. The van der Waals surface area contributed by atoms with Crippen LogP contribution in [0.2, 0.25) is 0 Å². The molecular formula is C14H17N3. The minimum absolute atomic E-state index is 0.772. The number of aromatic nitrogens is 3. The Morgan fingerprint density at radius 3 is 2.88 bits per heavy atom. The molecule has 2 heterocycles. The lowest BCUT2D eigenvalue weighted by Crippen LogP contribution is -2.03. The van der Waals surface area contributed by atoms with E-state index in [1.54, 1.807) is 0 Å². The van der Waals surface area contributed by atoms with Crippen LogP contribution >= 0.6 is 0 Å². The molecule has 0 amide bonds. The molecule has 0 N–H and O–H groups in total. The van der Waals surface area contributed by atoms with E-state index >= 15 is 0 Å². The van der Waals surface area contributed by atoms with Crippen molar-refractivity contribution in [3.8, 4) is 0 Å². The van der Waals surface area contributed by atoms with E-state index < -0.39 is 0 Å². The van der Waals surface area contributed by atoms with E-state index in [9.17, 15) is 0 Å². The molecule has 1 aliphatic carbocycles. The number of nitrogens with zero attached hydrogens (tertiary/aromatic N) is 3. The van der Waals surface area contributed by atoms with Gasteiger partial charge in [0.05, 0.1) is 6.33 Å². The van der Waals surface area contributed by atoms with Gasteiger partial charge < -0.3 is 4.57 Å². The molecule has 0 spiro atoms. The van der Waals surface area contributed by atoms with E-state index in [-0.39, 0.29) is 0 Å². The van der Waals surface area contributed by atoms with Crippen molar-refractivity contribution >= 4 is 0 Å². The maximum atomic E-state index is 4.32. The van der Waals surface area contributed by atoms with E-state index in [0.29, 0.717) is 0 Å². The van der Waals surface area contributed by atoms with Crippen LogP contribution in [0.15, 0.2) is 30.9 Å². The first-order valence-electron chi connectivity index (χ1n) is 6.24. The van der Waals surface area contributed by atoms with Crippen LogP contribution in [0, 0.1) is 6.92 Å². The van der Waals surface area contributed by atoms with Gasteiger partial charge in [-0.15, -0.1) is 0 Å². The SMILES string of the molecule is Cc1ccc(CCn2cncc2C2CC2)cn1. The van der Waals surface area contributed by atoms with Gasteiger partial charge in [0.25, 0.3) is 0 Å². The smallest absolute Gasteiger partial charge is 0.0948 e. The first-order valence-corrected chi connectivity index (χ1v) is 6.24. The molecule has 3 nitrogen and oxygen atoms in total. The van der Waals surface area contributed by atoms with Gasteiger partial charge in [-0.2, -0.15) is 0 Å². The Hall–Kier alpha value is -1.64. The maximum absolute atomic E-state index is 4.32. The molecular weight excluding hydrogens is 210 g/mol. The molecule has 17 heavy (non-hydrogen) atoms. The molecule has 0 bridgehead atoms. The summed E-state index contributed by atoms with van der Waals surface area (Å²) < 4.78 is 2.29. The second-order valence-corrected chi connectivity index (χ2v) is 4.84. The molecule has 1 aliphatic rings. The summed E-state index contributed by atoms with van der Waals surface area (Å²) in [5.74, 6) is 0.772. The number of hydrogen-bond acceptors (Lipinski definition) is 2. The molecule has 0 radical (unpaired) electrons. The predicted octanol–water partition coefficient (Wildman–Crippen LogP) is 2.71. The molecule has 0 aromatic carbocycles. The minimum atomic E-state index is 0.772. The molecule has 3 heteroatoms. The molecule has 0 atom stereocenters. The van der Waals surface area contributed by atoms with Crippen molar-refractivity contribution in [2.24, 2.45) is 0 Å². The zero-order valence-electron chi connectivity index (χ0n) is 10.1. The Labute approximate surface area is 102 Å². The molecule has 0 unspecified atom stereocenters. The standard InChI is InChI=1S/C14H17N3/c1-11-2-3-12(8-16-11)6-7-17-10-15-9-14(17)13-4-5-13/h2-3,8-10,13H,4-7H2,1H3. The summed E-state index contributed by atoms with van der Waals surface area (Å²) in [5, 5.41) is 0. The summed E-state index contributed by atoms with van der Waals surface area (Å²) in [4.78, 5) is 8.58. The van der Waals surface area contributed by atoms with Gasteiger partial charge in [-0.05, 0) is 37.8 Å². The minimum Gasteiger partial charge on any atom is -0.334 e. The fourth-order valence-corrected chi connectivity index (χ4v) is 2.13. The number of imidazole rings is 1. The number of hydrogen-bond donors (Lipinski definition) is 0. The van der Waals surface area contributed by atoms with E-state index in [2.05, 4.69) is 26.7 Å². The topological polar surface area (TPSA) is 30.7 Å². The van der Waals surface area contributed by atoms with Crippen molar-refractivity contribution in [3.63, 3.8) is 0 Å². The molecule has 2 aromatic rings. The van der Waals surface area contributed by atoms with Gasteiger partial charge in [-0.1, -0.05) is 6.07 Å². The first-order chi connectivity index (χ1) is 8.33. The second kappa shape index (κ2) is 4.32. The zero-order valence-corrected chi connectivity index (χ0v) is 10.1. The lowest BCUT2D eigenvalue weighted by atomic mass is 10.2. The fourth-order valence-electron chi connectivity index (χ4n) is 2.13. The van der Waals surface area contributed by atoms with Gasteiger partial charge in [0.15, 0.2) is 0 Å². The van der Waals surface area contributed by atoms with Crippen molar-refractivity contribution < 1.29 is 0 Å². The Morgan fingerprint density at radius 2 is 2.18 bits per heavy atom. The van der Waals surface area contributed by atoms with Gasteiger partial charge >= 0.3 is 0 Å². The third-order valence-electron chi connectivity index (χ3n) is 3.35. The lowest BCUT2D eigenvalue weighted by molar-refractivity contribution is 0.660. The summed E-state index contributed by atoms with van der Waals surface area (Å²) in [5.41, 5.74) is 3.78. The van der Waals surface area contributed by atoms with Crippen LogP contribution in [0.1, 0.15) is 35.7 Å². The van der Waals surface area contributed by atoms with Gasteiger partial charge in [0.2, 0.25) is 0 Å². The molecule has 3 rings (SSSR count). The van der Waals surface area contributed by atoms with Crippen molar-refractivity contribution in [1.82, 2.24) is 14.5 Å². The highest BCUT2D eigenvalue weighted by Crippen LogP contribution is 2.39. The Kier molecular flexibility index (Phi) is 2.67. The van der Waals surface area contributed by atoms with Crippen molar-refractivity contribution in [2.45, 2.75) is 38.6 Å². The summed E-state index contributed by atoms with van der Waals surface area (Å²) in [6.45, 7) is 3.03. The fraction of sp³-hybridized carbons (Fsp3) is 0.429. The molecule has 0 saturated heterocycles. The van der Waals surface area contributed by atoms with E-state index in [0.717, 1.165) is 24.6 Å². The Balaban J connectivity index is 1.67. The van der Waals surface area contributed by atoms with Crippen LogP contribution < -0.4 is 0 Å². The van der Waals surface area contributed by atoms with Crippen LogP contribution in [0.3, 0.4) is 0 Å². The van der Waals surface area contributed by atoms with Gasteiger partial charge in [0, 0.05) is 36.2 Å². The van der Waals surface area contributed by atoms with E-state index in [4.69, 9.17) is 0 Å². The number of rotatable bonds is 4. The summed E-state index contributed by atoms with van der Waals surface area (Å²) in [7, 11) is 0. The number of pyridine rings is 1. The van der Waals surface area contributed by atoms with Crippen molar-refractivity contribution in [2.75, 3.05) is 0 Å². The average Bonchev–Trinajstić information content (AvgIpc) is 3.08. The van der Waals surface area contributed by atoms with Crippen LogP contribution in [0.5, 0.6) is 0 Å². The normalized spacial score (nSPS) is 15.1. The largest absolute Gasteiger partial charge is 0.334 e. The quantitative estimate of drug-likeness (QED) is 0.804. The zero-order chi connectivity index (χ0) is 11.7. The van der Waals surface area contributed by atoms with E-state index in [1.165, 1.54) is 24.1 Å². The average molecular weight is 227 g/mol. The summed E-state index contributed by atoms with van der Waals surface area (Å²) in [6, 6.07) is 4.24. The summed E-state index contributed by atoms with van der Waals surface area (Å²) in [6.07, 6.45) is 9.64. The highest BCUT2D eigenvalue weighted by atomic mass is 15.0. The molecule has 1 saturated carbocycles. The highest BCUT2D eigenvalue weighted by Gasteiger charge is 2.26. The van der Waals surface area contributed by atoms with E-state index in [1.807, 2.05) is 25.6 Å². The van der Waals surface area contributed by atoms with Crippen LogP contribution in [-0.4, -0.2) is 14.5 Å². The molecule has 2 aromatic heterocycles. The third kappa shape index (κ3) is 2.38. The maximum Gasteiger partial charge on any atom is 0.0948 e. The van der Waals surface area contributed by atoms with Crippen molar-refractivity contribution in [3.05, 3.63) is 47.8 Å². The lowest BCUT2D eigenvalue weighted by Gasteiger charge is -2.07. The van der Waals surface area contributed by atoms with Gasteiger partial charge in [-0.25, -0.2) is 4.98 Å². The van der Waals surface area contributed by atoms with Crippen LogP contribution in [0.4, 0.5) is 0 Å². The predicted molar refractivity (Wildman–Crippen MR) is 66.9 cm³/mol. The summed E-state index contributed by atoms with van der Waals surface area (Å²) >= 11 is 0. The Bertz CT molecular complexity index is 494. The first kappa shape index (κ1) is 10.5. The van der Waals surface area contributed by atoms with Crippen LogP contribution in [-0.2, 0) is 13.0 Å². The monoisotopic (exact) mass is 227 g/mol.